The molecule has 27 heavy (non-hydrogen) atoms. The number of ether oxygens (including phenoxy) is 1. The highest BCUT2D eigenvalue weighted by Crippen LogP contribution is 2.21. The van der Waals surface area contributed by atoms with E-state index < -0.39 is 6.10 Å². The molecular weight excluding hydrogens is 342 g/mol. The number of benzene rings is 1. The zero-order chi connectivity index (χ0) is 19.6. The Bertz CT molecular complexity index is 638. The highest BCUT2D eigenvalue weighted by atomic mass is 16.5. The van der Waals surface area contributed by atoms with Gasteiger partial charge < -0.3 is 14.7 Å². The van der Waals surface area contributed by atoms with Crippen LogP contribution >= 0.6 is 0 Å². The third-order valence-electron chi connectivity index (χ3n) is 5.05. The Hall–Kier alpha value is -2.14. The third kappa shape index (κ3) is 6.51. The second-order valence-electron chi connectivity index (χ2n) is 7.08. The first-order valence-corrected chi connectivity index (χ1v) is 9.88. The van der Waals surface area contributed by atoms with Gasteiger partial charge in [-0.05, 0) is 37.0 Å². The molecule has 2 atom stereocenters. The molecule has 1 fully saturated rings. The number of amides is 1. The molecule has 148 valence electrons. The van der Waals surface area contributed by atoms with Crippen LogP contribution in [0, 0.1) is 0 Å². The van der Waals surface area contributed by atoms with Gasteiger partial charge in [0.2, 0.25) is 5.91 Å². The van der Waals surface area contributed by atoms with Crippen molar-refractivity contribution in [2.24, 2.45) is 0 Å². The summed E-state index contributed by atoms with van der Waals surface area (Å²) in [6.45, 7) is 2.78. The molecule has 0 spiro atoms. The largest absolute Gasteiger partial charge is 0.465 e. The minimum atomic E-state index is -0.431. The van der Waals surface area contributed by atoms with E-state index in [1.54, 1.807) is 12.1 Å². The van der Waals surface area contributed by atoms with Crippen LogP contribution in [0.1, 0.15) is 61.4 Å². The Morgan fingerprint density at radius 2 is 2.07 bits per heavy atom. The predicted octanol–water partition coefficient (Wildman–Crippen LogP) is 3.50. The number of carbonyl (C=O) groups excluding carboxylic acids is 2. The number of unbranched alkanes of at least 4 members (excludes halogenated alkanes) is 2. The lowest BCUT2D eigenvalue weighted by Gasteiger charge is -2.23. The molecule has 1 heterocycles. The van der Waals surface area contributed by atoms with Gasteiger partial charge in [-0.1, -0.05) is 50.5 Å². The molecule has 2 rings (SSSR count). The number of esters is 1. The molecule has 0 aromatic heterocycles. The van der Waals surface area contributed by atoms with Gasteiger partial charge in [0.15, 0.2) is 0 Å². The third-order valence-corrected chi connectivity index (χ3v) is 5.05. The van der Waals surface area contributed by atoms with Crippen molar-refractivity contribution in [1.82, 2.24) is 4.90 Å². The molecule has 0 aliphatic carbocycles. The molecule has 5 nitrogen and oxygen atoms in total. The first-order chi connectivity index (χ1) is 13.0. The number of aliphatic hydroxyl groups excluding tert-OH is 1. The molecule has 1 amide bonds. The molecule has 1 aromatic rings. The summed E-state index contributed by atoms with van der Waals surface area (Å²) < 4.78 is 4.70. The van der Waals surface area contributed by atoms with E-state index in [-0.39, 0.29) is 17.9 Å². The Balaban J connectivity index is 1.87. The summed E-state index contributed by atoms with van der Waals surface area (Å²) in [5.74, 6) is -0.185. The molecule has 0 radical (unpaired) electrons. The average molecular weight is 373 g/mol. The number of nitrogens with zero attached hydrogens (tertiary/aromatic N) is 1. The summed E-state index contributed by atoms with van der Waals surface area (Å²) in [6.07, 6.45) is 9.57. The van der Waals surface area contributed by atoms with Gasteiger partial charge in [0.1, 0.15) is 0 Å². The van der Waals surface area contributed by atoms with E-state index in [9.17, 15) is 14.7 Å². The number of hydrogen-bond donors (Lipinski definition) is 1. The van der Waals surface area contributed by atoms with Crippen molar-refractivity contribution in [3.8, 4) is 0 Å². The first-order valence-electron chi connectivity index (χ1n) is 9.88. The lowest BCUT2D eigenvalue weighted by molar-refractivity contribution is -0.128. The van der Waals surface area contributed by atoms with Gasteiger partial charge in [-0.3, -0.25) is 4.79 Å². The number of rotatable bonds is 10. The summed E-state index contributed by atoms with van der Waals surface area (Å²) in [6, 6.07) is 7.35. The maximum atomic E-state index is 12.2. The maximum absolute atomic E-state index is 12.2. The molecule has 1 aliphatic rings. The van der Waals surface area contributed by atoms with E-state index in [0.717, 1.165) is 44.1 Å². The molecule has 1 unspecified atom stereocenters. The van der Waals surface area contributed by atoms with Crippen molar-refractivity contribution in [2.45, 2.75) is 64.0 Å². The van der Waals surface area contributed by atoms with Crippen molar-refractivity contribution in [3.05, 3.63) is 47.5 Å². The van der Waals surface area contributed by atoms with Gasteiger partial charge in [0.25, 0.3) is 0 Å². The smallest absolute Gasteiger partial charge is 0.337 e. The van der Waals surface area contributed by atoms with Gasteiger partial charge in [0.05, 0.1) is 24.8 Å². The zero-order valence-corrected chi connectivity index (χ0v) is 16.4. The van der Waals surface area contributed by atoms with Crippen molar-refractivity contribution in [2.75, 3.05) is 13.7 Å². The molecule has 1 aliphatic heterocycles. The normalized spacial score (nSPS) is 18.3. The lowest BCUT2D eigenvalue weighted by Crippen LogP contribution is -2.33. The van der Waals surface area contributed by atoms with Crippen LogP contribution in [0.3, 0.4) is 0 Å². The van der Waals surface area contributed by atoms with E-state index in [1.807, 2.05) is 29.2 Å². The van der Waals surface area contributed by atoms with Gasteiger partial charge in [-0.25, -0.2) is 4.79 Å². The summed E-state index contributed by atoms with van der Waals surface area (Å²) in [5.41, 5.74) is 1.60. The Morgan fingerprint density at radius 1 is 1.33 bits per heavy atom. The topological polar surface area (TPSA) is 66.8 Å². The standard InChI is InChI=1S/C22H31NO4/c1-3-4-5-6-20(24)13-11-19-12-14-21(25)23(19)16-15-17-7-9-18(10-8-17)22(26)27-2/h7-11,13,19-20,24H,3-6,12,14-16H2,1-2H3/t19-,20?/m0/s1. The number of carbonyl (C=O) groups is 2. The van der Waals surface area contributed by atoms with E-state index in [1.165, 1.54) is 7.11 Å². The number of aliphatic hydroxyl groups is 1. The first kappa shape index (κ1) is 21.2. The summed E-state index contributed by atoms with van der Waals surface area (Å²) in [4.78, 5) is 25.6. The molecule has 0 bridgehead atoms. The maximum Gasteiger partial charge on any atom is 0.337 e. The van der Waals surface area contributed by atoms with E-state index in [2.05, 4.69) is 6.92 Å². The second-order valence-corrected chi connectivity index (χ2v) is 7.08. The van der Waals surface area contributed by atoms with Crippen LogP contribution in [-0.4, -0.2) is 47.7 Å². The summed E-state index contributed by atoms with van der Waals surface area (Å²) >= 11 is 0. The Morgan fingerprint density at radius 3 is 2.74 bits per heavy atom. The number of hydrogen-bond acceptors (Lipinski definition) is 4. The van der Waals surface area contributed by atoms with Crippen molar-refractivity contribution in [3.63, 3.8) is 0 Å². The monoisotopic (exact) mass is 373 g/mol. The Kier molecular flexibility index (Phi) is 8.52. The minimum absolute atomic E-state index is 0.0627. The van der Waals surface area contributed by atoms with Crippen LogP contribution in [0.4, 0.5) is 0 Å². The zero-order valence-electron chi connectivity index (χ0n) is 16.4. The van der Waals surface area contributed by atoms with Gasteiger partial charge in [-0.2, -0.15) is 0 Å². The highest BCUT2D eigenvalue weighted by Gasteiger charge is 2.28. The second kappa shape index (κ2) is 10.9. The molecule has 5 heteroatoms. The molecular formula is C22H31NO4. The van der Waals surface area contributed by atoms with Crippen LogP contribution < -0.4 is 0 Å². The van der Waals surface area contributed by atoms with Crippen LogP contribution in [0.5, 0.6) is 0 Å². The highest BCUT2D eigenvalue weighted by molar-refractivity contribution is 5.89. The van der Waals surface area contributed by atoms with Crippen LogP contribution in [0.25, 0.3) is 0 Å². The van der Waals surface area contributed by atoms with E-state index in [0.29, 0.717) is 18.5 Å². The molecule has 0 saturated carbocycles. The minimum Gasteiger partial charge on any atom is -0.465 e. The molecule has 1 N–H and O–H groups in total. The fraction of sp³-hybridized carbons (Fsp3) is 0.545. The quantitative estimate of drug-likeness (QED) is 0.387. The molecule has 1 saturated heterocycles. The van der Waals surface area contributed by atoms with Crippen molar-refractivity contribution < 1.29 is 19.4 Å². The average Bonchev–Trinajstić information content (AvgIpc) is 3.04. The summed E-state index contributed by atoms with van der Waals surface area (Å²) in [5, 5.41) is 10.1. The Labute approximate surface area is 162 Å². The van der Waals surface area contributed by atoms with Crippen LogP contribution in [-0.2, 0) is 16.0 Å². The fourth-order valence-corrected chi connectivity index (χ4v) is 3.38. The van der Waals surface area contributed by atoms with Gasteiger partial charge >= 0.3 is 5.97 Å². The molecule has 1 aromatic carbocycles. The lowest BCUT2D eigenvalue weighted by atomic mass is 10.1. The van der Waals surface area contributed by atoms with Crippen molar-refractivity contribution in [1.29, 1.82) is 0 Å². The van der Waals surface area contributed by atoms with E-state index in [4.69, 9.17) is 4.74 Å². The fourth-order valence-electron chi connectivity index (χ4n) is 3.38. The predicted molar refractivity (Wildman–Crippen MR) is 106 cm³/mol. The van der Waals surface area contributed by atoms with Gasteiger partial charge in [0, 0.05) is 13.0 Å². The number of likely N-dealkylation sites (tertiary alicyclic amines) is 1. The summed E-state index contributed by atoms with van der Waals surface area (Å²) in [7, 11) is 1.36. The van der Waals surface area contributed by atoms with Crippen LogP contribution in [0.15, 0.2) is 36.4 Å². The number of methoxy groups -OCH3 is 1. The van der Waals surface area contributed by atoms with Gasteiger partial charge in [-0.15, -0.1) is 0 Å². The van der Waals surface area contributed by atoms with E-state index >= 15 is 0 Å². The SMILES string of the molecule is CCCCCC(O)C=C[C@H]1CCC(=O)N1CCc1ccc(C(=O)OC)cc1. The van der Waals surface area contributed by atoms with Crippen molar-refractivity contribution >= 4 is 11.9 Å². The van der Waals surface area contributed by atoms with Crippen LogP contribution in [0.2, 0.25) is 0 Å².